The number of carbonyl (C=O) groups excluding carboxylic acids is 1. The standard InChI is InChI=1S/C18H28N4O2S/c23-17(21-8-10-22(11-9-21)18-19-5-14-25-18)15-1-6-20(7-2-15)16-3-12-24-13-4-16/h5,14-16H,1-4,6-13H2. The minimum Gasteiger partial charge on any atom is -0.381 e. The first-order valence-corrected chi connectivity index (χ1v) is 10.4. The number of likely N-dealkylation sites (tertiary alicyclic amines) is 1. The Morgan fingerprint density at radius 3 is 2.40 bits per heavy atom. The predicted octanol–water partition coefficient (Wildman–Crippen LogP) is 1.68. The lowest BCUT2D eigenvalue weighted by atomic mass is 9.93. The molecule has 7 heteroatoms. The number of piperazine rings is 1. The summed E-state index contributed by atoms with van der Waals surface area (Å²) in [5.41, 5.74) is 0. The van der Waals surface area contributed by atoms with Gasteiger partial charge in [0.2, 0.25) is 5.91 Å². The lowest BCUT2D eigenvalue weighted by Gasteiger charge is -2.41. The van der Waals surface area contributed by atoms with Crippen LogP contribution >= 0.6 is 11.3 Å². The zero-order valence-corrected chi connectivity index (χ0v) is 15.6. The van der Waals surface area contributed by atoms with Crippen LogP contribution in [0.15, 0.2) is 11.6 Å². The Bertz CT molecular complexity index is 545. The average molecular weight is 365 g/mol. The molecule has 0 spiro atoms. The highest BCUT2D eigenvalue weighted by Gasteiger charge is 2.33. The Kier molecular flexibility index (Phi) is 5.53. The van der Waals surface area contributed by atoms with Gasteiger partial charge in [0.1, 0.15) is 0 Å². The van der Waals surface area contributed by atoms with E-state index in [9.17, 15) is 4.79 Å². The number of hydrogen-bond acceptors (Lipinski definition) is 6. The van der Waals surface area contributed by atoms with Crippen molar-refractivity contribution in [1.82, 2.24) is 14.8 Å². The fraction of sp³-hybridized carbons (Fsp3) is 0.778. The number of ether oxygens (including phenoxy) is 1. The third-order valence-corrected chi connectivity index (χ3v) is 6.70. The first-order valence-electron chi connectivity index (χ1n) is 9.56. The topological polar surface area (TPSA) is 48.9 Å². The summed E-state index contributed by atoms with van der Waals surface area (Å²) < 4.78 is 5.47. The van der Waals surface area contributed by atoms with Crippen molar-refractivity contribution in [1.29, 1.82) is 0 Å². The van der Waals surface area contributed by atoms with Crippen LogP contribution in [0.1, 0.15) is 25.7 Å². The third-order valence-electron chi connectivity index (χ3n) is 5.87. The Morgan fingerprint density at radius 2 is 1.76 bits per heavy atom. The van der Waals surface area contributed by atoms with Crippen LogP contribution in [0.5, 0.6) is 0 Å². The molecule has 0 atom stereocenters. The zero-order chi connectivity index (χ0) is 17.1. The van der Waals surface area contributed by atoms with E-state index in [-0.39, 0.29) is 5.92 Å². The van der Waals surface area contributed by atoms with Gasteiger partial charge >= 0.3 is 0 Å². The number of rotatable bonds is 3. The molecule has 138 valence electrons. The Balaban J connectivity index is 1.24. The maximum absolute atomic E-state index is 12.9. The number of thiazole rings is 1. The van der Waals surface area contributed by atoms with Crippen LogP contribution in [0.25, 0.3) is 0 Å². The number of hydrogen-bond donors (Lipinski definition) is 0. The lowest BCUT2D eigenvalue weighted by Crippen LogP contribution is -2.52. The quantitative estimate of drug-likeness (QED) is 0.817. The van der Waals surface area contributed by atoms with E-state index in [0.29, 0.717) is 11.9 Å². The van der Waals surface area contributed by atoms with Gasteiger partial charge in [0.25, 0.3) is 0 Å². The fourth-order valence-corrected chi connectivity index (χ4v) is 5.01. The van der Waals surface area contributed by atoms with Crippen LogP contribution in [-0.2, 0) is 9.53 Å². The molecule has 3 fully saturated rings. The largest absolute Gasteiger partial charge is 0.381 e. The molecule has 0 bridgehead atoms. The van der Waals surface area contributed by atoms with Crippen LogP contribution in [0.4, 0.5) is 5.13 Å². The van der Waals surface area contributed by atoms with E-state index in [1.54, 1.807) is 11.3 Å². The molecule has 4 rings (SSSR count). The summed E-state index contributed by atoms with van der Waals surface area (Å²) in [5.74, 6) is 0.605. The highest BCUT2D eigenvalue weighted by Crippen LogP contribution is 2.26. The van der Waals surface area contributed by atoms with Crippen LogP contribution < -0.4 is 4.90 Å². The zero-order valence-electron chi connectivity index (χ0n) is 14.8. The Labute approximate surface area is 153 Å². The van der Waals surface area contributed by atoms with E-state index in [0.717, 1.165) is 83.3 Å². The van der Waals surface area contributed by atoms with E-state index >= 15 is 0 Å². The fourth-order valence-electron chi connectivity index (χ4n) is 4.31. The minimum atomic E-state index is 0.225. The number of aromatic nitrogens is 1. The number of amides is 1. The second-order valence-corrected chi connectivity index (χ2v) is 8.15. The highest BCUT2D eigenvalue weighted by atomic mass is 32.1. The van der Waals surface area contributed by atoms with Crippen molar-refractivity contribution in [2.24, 2.45) is 5.92 Å². The van der Waals surface area contributed by atoms with Gasteiger partial charge in [-0.05, 0) is 38.8 Å². The molecule has 0 aromatic carbocycles. The SMILES string of the molecule is O=C(C1CCN(C2CCOCC2)CC1)N1CCN(c2nccs2)CC1. The lowest BCUT2D eigenvalue weighted by molar-refractivity contribution is -0.137. The molecule has 3 saturated heterocycles. The molecule has 25 heavy (non-hydrogen) atoms. The number of piperidine rings is 1. The normalized spacial score (nSPS) is 24.6. The molecule has 0 saturated carbocycles. The van der Waals surface area contributed by atoms with Crippen molar-refractivity contribution in [2.45, 2.75) is 31.7 Å². The smallest absolute Gasteiger partial charge is 0.225 e. The van der Waals surface area contributed by atoms with Gasteiger partial charge in [0.05, 0.1) is 0 Å². The van der Waals surface area contributed by atoms with Gasteiger partial charge in [0, 0.05) is 62.9 Å². The molecule has 3 aliphatic rings. The molecule has 1 aromatic heterocycles. The number of nitrogens with zero attached hydrogens (tertiary/aromatic N) is 4. The predicted molar refractivity (Wildman–Crippen MR) is 99.0 cm³/mol. The number of anilines is 1. The van der Waals surface area contributed by atoms with E-state index in [2.05, 4.69) is 19.7 Å². The molecule has 0 aliphatic carbocycles. The molecule has 0 unspecified atom stereocenters. The molecular weight excluding hydrogens is 336 g/mol. The third kappa shape index (κ3) is 3.99. The maximum Gasteiger partial charge on any atom is 0.225 e. The summed E-state index contributed by atoms with van der Waals surface area (Å²) in [4.78, 5) is 24.2. The van der Waals surface area contributed by atoms with Crippen molar-refractivity contribution >= 4 is 22.4 Å². The first-order chi connectivity index (χ1) is 12.3. The molecule has 3 aliphatic heterocycles. The van der Waals surface area contributed by atoms with Crippen molar-refractivity contribution < 1.29 is 9.53 Å². The summed E-state index contributed by atoms with van der Waals surface area (Å²) in [6.45, 7) is 7.40. The molecule has 6 nitrogen and oxygen atoms in total. The summed E-state index contributed by atoms with van der Waals surface area (Å²) in [7, 11) is 0. The van der Waals surface area contributed by atoms with Gasteiger partial charge in [-0.3, -0.25) is 4.79 Å². The minimum absolute atomic E-state index is 0.225. The van der Waals surface area contributed by atoms with Gasteiger partial charge in [-0.2, -0.15) is 0 Å². The van der Waals surface area contributed by atoms with Crippen LogP contribution in [0, 0.1) is 5.92 Å². The summed E-state index contributed by atoms with van der Waals surface area (Å²) >= 11 is 1.68. The van der Waals surface area contributed by atoms with Gasteiger partial charge in [0.15, 0.2) is 5.13 Å². The summed E-state index contributed by atoms with van der Waals surface area (Å²) in [6.07, 6.45) is 6.18. The Morgan fingerprint density at radius 1 is 1.04 bits per heavy atom. The summed E-state index contributed by atoms with van der Waals surface area (Å²) in [5, 5.41) is 3.09. The van der Waals surface area contributed by atoms with E-state index in [4.69, 9.17) is 4.74 Å². The monoisotopic (exact) mass is 364 g/mol. The van der Waals surface area contributed by atoms with Crippen molar-refractivity contribution in [2.75, 3.05) is 57.4 Å². The molecular formula is C18H28N4O2S. The molecule has 0 radical (unpaired) electrons. The van der Waals surface area contributed by atoms with Gasteiger partial charge in [-0.25, -0.2) is 4.98 Å². The maximum atomic E-state index is 12.9. The van der Waals surface area contributed by atoms with Crippen molar-refractivity contribution in [3.8, 4) is 0 Å². The van der Waals surface area contributed by atoms with Crippen LogP contribution in [0.2, 0.25) is 0 Å². The first kappa shape index (κ1) is 17.2. The second-order valence-electron chi connectivity index (χ2n) is 7.28. The van der Waals surface area contributed by atoms with Crippen LogP contribution in [-0.4, -0.2) is 79.2 Å². The Hall–Kier alpha value is -1.18. The molecule has 0 N–H and O–H groups in total. The van der Waals surface area contributed by atoms with E-state index < -0.39 is 0 Å². The highest BCUT2D eigenvalue weighted by molar-refractivity contribution is 7.13. The molecule has 4 heterocycles. The van der Waals surface area contributed by atoms with Gasteiger partial charge < -0.3 is 19.4 Å². The van der Waals surface area contributed by atoms with E-state index in [1.807, 2.05) is 11.6 Å². The van der Waals surface area contributed by atoms with Crippen molar-refractivity contribution in [3.05, 3.63) is 11.6 Å². The number of carbonyl (C=O) groups is 1. The molecule has 1 amide bonds. The van der Waals surface area contributed by atoms with Crippen LogP contribution in [0.3, 0.4) is 0 Å². The second kappa shape index (κ2) is 8.01. The van der Waals surface area contributed by atoms with Gasteiger partial charge in [-0.1, -0.05) is 0 Å². The molecule has 1 aromatic rings. The summed E-state index contributed by atoms with van der Waals surface area (Å²) in [6, 6.07) is 0.673. The van der Waals surface area contributed by atoms with Gasteiger partial charge in [-0.15, -0.1) is 11.3 Å². The van der Waals surface area contributed by atoms with Crippen molar-refractivity contribution in [3.63, 3.8) is 0 Å². The average Bonchev–Trinajstić information content (AvgIpc) is 3.23. The van der Waals surface area contributed by atoms with E-state index in [1.165, 1.54) is 0 Å².